The van der Waals surface area contributed by atoms with E-state index in [9.17, 15) is 0 Å². The Kier molecular flexibility index (Phi) is 4.33. The molecule has 1 aromatic heterocycles. The smallest absolute Gasteiger partial charge is 0.229 e. The van der Waals surface area contributed by atoms with Crippen LogP contribution in [0.15, 0.2) is 28.8 Å². The topological polar surface area (TPSA) is 64.9 Å². The summed E-state index contributed by atoms with van der Waals surface area (Å²) >= 11 is 5.93. The van der Waals surface area contributed by atoms with Gasteiger partial charge in [-0.1, -0.05) is 35.8 Å². The van der Waals surface area contributed by atoms with Crippen molar-refractivity contribution in [3.63, 3.8) is 0 Å². The van der Waals surface area contributed by atoms with E-state index in [1.165, 1.54) is 0 Å². The van der Waals surface area contributed by atoms with E-state index in [-0.39, 0.29) is 5.92 Å². The Hall–Kier alpha value is -1.39. The molecule has 0 saturated heterocycles. The fraction of sp³-hybridized carbons (Fsp3) is 0.385. The molecule has 4 nitrogen and oxygen atoms in total. The van der Waals surface area contributed by atoms with Gasteiger partial charge in [0, 0.05) is 16.5 Å². The number of halogens is 1. The molecule has 1 aromatic carbocycles. The summed E-state index contributed by atoms with van der Waals surface area (Å²) in [5.41, 5.74) is 6.35. The molecule has 0 aliphatic carbocycles. The number of rotatable bonds is 5. The van der Waals surface area contributed by atoms with Crippen molar-refractivity contribution in [2.75, 3.05) is 6.54 Å². The first-order valence-electron chi connectivity index (χ1n) is 6.00. The van der Waals surface area contributed by atoms with Crippen LogP contribution >= 0.6 is 11.6 Å². The fourth-order valence-electron chi connectivity index (χ4n) is 1.73. The van der Waals surface area contributed by atoms with Gasteiger partial charge in [-0.15, -0.1) is 0 Å². The first-order chi connectivity index (χ1) is 8.70. The van der Waals surface area contributed by atoms with Crippen molar-refractivity contribution in [3.8, 4) is 11.4 Å². The first-order valence-corrected chi connectivity index (χ1v) is 6.38. The van der Waals surface area contributed by atoms with Gasteiger partial charge in [0.1, 0.15) is 0 Å². The summed E-state index contributed by atoms with van der Waals surface area (Å²) in [6.07, 6.45) is 1.91. The van der Waals surface area contributed by atoms with Gasteiger partial charge in [-0.2, -0.15) is 4.98 Å². The van der Waals surface area contributed by atoms with Crippen molar-refractivity contribution in [2.24, 2.45) is 5.73 Å². The van der Waals surface area contributed by atoms with Gasteiger partial charge < -0.3 is 10.3 Å². The molecular formula is C13H16ClN3O. The molecule has 0 amide bonds. The summed E-state index contributed by atoms with van der Waals surface area (Å²) in [6, 6.07) is 7.41. The Morgan fingerprint density at radius 1 is 1.44 bits per heavy atom. The first kappa shape index (κ1) is 13.1. The van der Waals surface area contributed by atoms with E-state index in [0.29, 0.717) is 23.3 Å². The van der Waals surface area contributed by atoms with Crippen LogP contribution in [0.25, 0.3) is 11.4 Å². The van der Waals surface area contributed by atoms with E-state index in [2.05, 4.69) is 17.1 Å². The Bertz CT molecular complexity index is 512. The molecule has 0 radical (unpaired) electrons. The van der Waals surface area contributed by atoms with E-state index in [1.807, 2.05) is 24.3 Å². The maximum Gasteiger partial charge on any atom is 0.229 e. The largest absolute Gasteiger partial charge is 0.339 e. The lowest BCUT2D eigenvalue weighted by atomic mass is 10.1. The van der Waals surface area contributed by atoms with E-state index >= 15 is 0 Å². The second-order valence-corrected chi connectivity index (χ2v) is 4.73. The lowest BCUT2D eigenvalue weighted by molar-refractivity contribution is 0.352. The van der Waals surface area contributed by atoms with Gasteiger partial charge in [-0.05, 0) is 31.5 Å². The monoisotopic (exact) mass is 265 g/mol. The van der Waals surface area contributed by atoms with Gasteiger partial charge >= 0.3 is 0 Å². The van der Waals surface area contributed by atoms with Crippen molar-refractivity contribution in [1.82, 2.24) is 10.1 Å². The Morgan fingerprint density at radius 2 is 2.28 bits per heavy atom. The lowest BCUT2D eigenvalue weighted by Gasteiger charge is -2.03. The molecule has 18 heavy (non-hydrogen) atoms. The van der Waals surface area contributed by atoms with Gasteiger partial charge in [0.05, 0.1) is 0 Å². The average Bonchev–Trinajstić information content (AvgIpc) is 2.85. The number of nitrogens with zero attached hydrogens (tertiary/aromatic N) is 2. The van der Waals surface area contributed by atoms with E-state index in [4.69, 9.17) is 21.9 Å². The second-order valence-electron chi connectivity index (χ2n) is 4.30. The Labute approximate surface area is 111 Å². The number of hydrogen-bond donors (Lipinski definition) is 1. The highest BCUT2D eigenvalue weighted by atomic mass is 35.5. The molecule has 2 rings (SSSR count). The van der Waals surface area contributed by atoms with Crippen LogP contribution in [0, 0.1) is 0 Å². The minimum atomic E-state index is 0.231. The highest BCUT2D eigenvalue weighted by Crippen LogP contribution is 2.24. The van der Waals surface area contributed by atoms with E-state index < -0.39 is 0 Å². The van der Waals surface area contributed by atoms with Gasteiger partial charge in [-0.25, -0.2) is 0 Å². The molecule has 96 valence electrons. The van der Waals surface area contributed by atoms with Crippen molar-refractivity contribution in [3.05, 3.63) is 35.2 Å². The summed E-state index contributed by atoms with van der Waals surface area (Å²) < 4.78 is 5.27. The van der Waals surface area contributed by atoms with Crippen molar-refractivity contribution in [2.45, 2.75) is 25.7 Å². The van der Waals surface area contributed by atoms with Crippen LogP contribution < -0.4 is 5.73 Å². The fourth-order valence-corrected chi connectivity index (χ4v) is 1.92. The van der Waals surface area contributed by atoms with E-state index in [1.54, 1.807) is 0 Å². The zero-order valence-corrected chi connectivity index (χ0v) is 11.0. The zero-order chi connectivity index (χ0) is 13.0. The predicted octanol–water partition coefficient (Wildman–Crippen LogP) is 3.23. The van der Waals surface area contributed by atoms with Crippen LogP contribution in [0.3, 0.4) is 0 Å². The number of aromatic nitrogens is 2. The molecule has 0 aliphatic rings. The third-order valence-electron chi connectivity index (χ3n) is 2.79. The van der Waals surface area contributed by atoms with Crippen LogP contribution in [0.1, 0.15) is 31.6 Å². The number of benzene rings is 1. The van der Waals surface area contributed by atoms with Crippen LogP contribution in [-0.2, 0) is 0 Å². The SMILES string of the molecule is CC(CCCN)c1nc(-c2cccc(Cl)c2)no1. The predicted molar refractivity (Wildman–Crippen MR) is 71.4 cm³/mol. The summed E-state index contributed by atoms with van der Waals surface area (Å²) in [4.78, 5) is 4.40. The molecule has 0 fully saturated rings. The molecule has 0 aliphatic heterocycles. The van der Waals surface area contributed by atoms with Gasteiger partial charge in [0.25, 0.3) is 0 Å². The summed E-state index contributed by atoms with van der Waals surface area (Å²) in [6.45, 7) is 2.74. The van der Waals surface area contributed by atoms with Crippen molar-refractivity contribution < 1.29 is 4.52 Å². The minimum Gasteiger partial charge on any atom is -0.339 e. The summed E-state index contributed by atoms with van der Waals surface area (Å²) in [7, 11) is 0. The molecule has 1 atom stereocenters. The van der Waals surface area contributed by atoms with Crippen LogP contribution in [0.5, 0.6) is 0 Å². The van der Waals surface area contributed by atoms with E-state index in [0.717, 1.165) is 18.4 Å². The van der Waals surface area contributed by atoms with Crippen LogP contribution in [0.4, 0.5) is 0 Å². The van der Waals surface area contributed by atoms with Gasteiger partial charge in [-0.3, -0.25) is 0 Å². The molecule has 2 N–H and O–H groups in total. The standard InChI is InChI=1S/C13H16ClN3O/c1-9(4-3-7-15)13-16-12(17-18-13)10-5-2-6-11(14)8-10/h2,5-6,8-9H,3-4,7,15H2,1H3. The molecule has 1 heterocycles. The normalized spacial score (nSPS) is 12.6. The molecule has 5 heteroatoms. The lowest BCUT2D eigenvalue weighted by Crippen LogP contribution is -2.02. The van der Waals surface area contributed by atoms with Crippen LogP contribution in [-0.4, -0.2) is 16.7 Å². The van der Waals surface area contributed by atoms with Gasteiger partial charge in [0.15, 0.2) is 0 Å². The third-order valence-corrected chi connectivity index (χ3v) is 3.02. The highest BCUT2D eigenvalue weighted by molar-refractivity contribution is 6.30. The molecule has 2 aromatic rings. The molecule has 0 bridgehead atoms. The highest BCUT2D eigenvalue weighted by Gasteiger charge is 2.14. The Balaban J connectivity index is 2.15. The zero-order valence-electron chi connectivity index (χ0n) is 10.3. The maximum atomic E-state index is 5.93. The summed E-state index contributed by atoms with van der Waals surface area (Å²) in [5, 5.41) is 4.64. The number of nitrogens with two attached hydrogens (primary N) is 1. The third kappa shape index (κ3) is 3.09. The van der Waals surface area contributed by atoms with Gasteiger partial charge in [0.2, 0.25) is 11.7 Å². The summed E-state index contributed by atoms with van der Waals surface area (Å²) in [5.74, 6) is 1.46. The van der Waals surface area contributed by atoms with Crippen LogP contribution in [0.2, 0.25) is 5.02 Å². The Morgan fingerprint density at radius 3 is 3.00 bits per heavy atom. The van der Waals surface area contributed by atoms with Crippen molar-refractivity contribution >= 4 is 11.6 Å². The molecular weight excluding hydrogens is 250 g/mol. The number of hydrogen-bond acceptors (Lipinski definition) is 4. The maximum absolute atomic E-state index is 5.93. The van der Waals surface area contributed by atoms with Crippen molar-refractivity contribution in [1.29, 1.82) is 0 Å². The quantitative estimate of drug-likeness (QED) is 0.901. The molecule has 1 unspecified atom stereocenters. The minimum absolute atomic E-state index is 0.231. The molecule has 0 saturated carbocycles. The molecule has 0 spiro atoms. The average molecular weight is 266 g/mol. The second kappa shape index (κ2) is 5.98.